The number of pyridine rings is 2. The van der Waals surface area contributed by atoms with E-state index in [0.717, 1.165) is 17.1 Å². The second-order valence-corrected chi connectivity index (χ2v) is 11.0. The fourth-order valence-electron chi connectivity index (χ4n) is 7.49. The summed E-state index contributed by atoms with van der Waals surface area (Å²) in [6.07, 6.45) is 4.54. The summed E-state index contributed by atoms with van der Waals surface area (Å²) in [4.78, 5) is 0. The van der Waals surface area contributed by atoms with Crippen LogP contribution < -0.4 is 13.9 Å². The molecular weight excluding hydrogens is 488 g/mol. The van der Waals surface area contributed by atoms with Gasteiger partial charge in [-0.15, -0.1) is 9.13 Å². The van der Waals surface area contributed by atoms with Crippen molar-refractivity contribution in [3.05, 3.63) is 145 Å². The maximum Gasteiger partial charge on any atom is 0.425 e. The smallest absolute Gasteiger partial charge is 0.425 e. The van der Waals surface area contributed by atoms with Crippen molar-refractivity contribution in [3.8, 4) is 45.0 Å². The Morgan fingerprint density at radius 3 is 2.08 bits per heavy atom. The molecule has 0 aliphatic carbocycles. The van der Waals surface area contributed by atoms with Crippen molar-refractivity contribution in [2.75, 3.05) is 0 Å². The van der Waals surface area contributed by atoms with Crippen molar-refractivity contribution in [1.29, 1.82) is 0 Å². The van der Waals surface area contributed by atoms with Crippen LogP contribution >= 0.6 is 0 Å². The van der Waals surface area contributed by atoms with Crippen molar-refractivity contribution < 1.29 is 13.9 Å². The molecule has 3 aliphatic rings. The molecule has 5 heterocycles. The SMILES string of the molecule is c1ccc(-c2cc3c4c(c2)-c2cc(-c5ccccc5)cc[n+]2C42c4c(ccc5ccc6ccc[n+]2c6c45)O3)cc1. The Labute approximate surface area is 230 Å². The van der Waals surface area contributed by atoms with E-state index in [1.807, 2.05) is 0 Å². The highest BCUT2D eigenvalue weighted by atomic mass is 16.5. The maximum atomic E-state index is 6.86. The van der Waals surface area contributed by atoms with Crippen molar-refractivity contribution in [2.24, 2.45) is 0 Å². The third-order valence-electron chi connectivity index (χ3n) is 9.07. The highest BCUT2D eigenvalue weighted by molar-refractivity contribution is 6.09. The average molecular weight is 511 g/mol. The third-order valence-corrected chi connectivity index (χ3v) is 9.07. The van der Waals surface area contributed by atoms with Gasteiger partial charge in [-0.1, -0.05) is 72.8 Å². The lowest BCUT2D eigenvalue weighted by Crippen LogP contribution is -2.72. The largest absolute Gasteiger partial charge is 0.455 e. The number of ether oxygens (including phenoxy) is 1. The Kier molecular flexibility index (Phi) is 3.62. The van der Waals surface area contributed by atoms with E-state index in [2.05, 4.69) is 143 Å². The zero-order chi connectivity index (χ0) is 26.0. The Balaban J connectivity index is 1.39. The van der Waals surface area contributed by atoms with Crippen LogP contribution in [0.1, 0.15) is 11.1 Å². The molecule has 5 aromatic carbocycles. The molecule has 0 saturated heterocycles. The Morgan fingerprint density at radius 2 is 1.25 bits per heavy atom. The fourth-order valence-corrected chi connectivity index (χ4v) is 7.49. The van der Waals surface area contributed by atoms with Crippen LogP contribution in [0.2, 0.25) is 0 Å². The second-order valence-electron chi connectivity index (χ2n) is 11.0. The number of hydrogen-bond donors (Lipinski definition) is 0. The van der Waals surface area contributed by atoms with Gasteiger partial charge in [0, 0.05) is 23.6 Å². The second kappa shape index (κ2) is 7.02. The van der Waals surface area contributed by atoms with Crippen LogP contribution in [0.5, 0.6) is 11.5 Å². The number of nitrogens with zero attached hydrogens (tertiary/aromatic N) is 2. The molecule has 3 heteroatoms. The molecule has 3 aliphatic heterocycles. The molecule has 0 amide bonds. The molecule has 0 saturated carbocycles. The number of fused-ring (bicyclic) bond motifs is 2. The summed E-state index contributed by atoms with van der Waals surface area (Å²) >= 11 is 0. The zero-order valence-corrected chi connectivity index (χ0v) is 21.5. The zero-order valence-electron chi connectivity index (χ0n) is 21.5. The molecular formula is C37H22N2O+2. The molecule has 3 nitrogen and oxygen atoms in total. The van der Waals surface area contributed by atoms with Crippen molar-refractivity contribution in [3.63, 3.8) is 0 Å². The topological polar surface area (TPSA) is 17.0 Å². The molecule has 1 atom stereocenters. The first-order valence-corrected chi connectivity index (χ1v) is 13.8. The van der Waals surface area contributed by atoms with Gasteiger partial charge >= 0.3 is 5.66 Å². The average Bonchev–Trinajstić information content (AvgIpc) is 3.50. The van der Waals surface area contributed by atoms with Gasteiger partial charge < -0.3 is 4.74 Å². The van der Waals surface area contributed by atoms with E-state index in [1.165, 1.54) is 60.8 Å². The van der Waals surface area contributed by atoms with Gasteiger partial charge in [-0.3, -0.25) is 0 Å². The minimum atomic E-state index is -0.555. The molecule has 1 spiro atoms. The van der Waals surface area contributed by atoms with E-state index in [0.29, 0.717) is 0 Å². The van der Waals surface area contributed by atoms with Crippen LogP contribution in [-0.4, -0.2) is 0 Å². The van der Waals surface area contributed by atoms with E-state index >= 15 is 0 Å². The van der Waals surface area contributed by atoms with Crippen LogP contribution in [0.3, 0.4) is 0 Å². The molecule has 0 fully saturated rings. The van der Waals surface area contributed by atoms with Gasteiger partial charge in [-0.25, -0.2) is 0 Å². The van der Waals surface area contributed by atoms with E-state index in [-0.39, 0.29) is 0 Å². The number of rotatable bonds is 2. The van der Waals surface area contributed by atoms with Gasteiger partial charge in [0.05, 0.1) is 10.9 Å². The Hall–Kier alpha value is -5.28. The Bertz CT molecular complexity index is 2240. The first kappa shape index (κ1) is 20.7. The van der Waals surface area contributed by atoms with Crippen molar-refractivity contribution >= 4 is 21.7 Å². The van der Waals surface area contributed by atoms with E-state index in [4.69, 9.17) is 4.74 Å². The summed E-state index contributed by atoms with van der Waals surface area (Å²) in [5.74, 6) is 1.85. The minimum Gasteiger partial charge on any atom is -0.455 e. The lowest BCUT2D eigenvalue weighted by atomic mass is 9.85. The highest BCUT2D eigenvalue weighted by Gasteiger charge is 2.70. The van der Waals surface area contributed by atoms with E-state index in [1.54, 1.807) is 0 Å². The standard InChI is InChI=1S/C37H22N2O/c1-3-8-23(9-4-1)27-17-19-38-30(21-27)29-20-28(24-10-5-2-6-11-24)22-32-34(29)37(38)35-31(40-32)16-15-25-13-14-26-12-7-18-39(37)36(26)33(25)35/h1-22H/q+2. The normalized spacial score (nSPS) is 16.8. The van der Waals surface area contributed by atoms with Crippen molar-refractivity contribution in [2.45, 2.75) is 5.66 Å². The first-order chi connectivity index (χ1) is 19.8. The molecule has 2 aromatic heterocycles. The monoisotopic (exact) mass is 510 g/mol. The highest BCUT2D eigenvalue weighted by Crippen LogP contribution is 2.58. The van der Waals surface area contributed by atoms with Gasteiger partial charge in [-0.05, 0) is 58.0 Å². The van der Waals surface area contributed by atoms with Gasteiger partial charge in [0.1, 0.15) is 11.5 Å². The molecule has 10 rings (SSSR count). The quantitative estimate of drug-likeness (QED) is 0.173. The fraction of sp³-hybridized carbons (Fsp3) is 0.0270. The minimum absolute atomic E-state index is 0.555. The number of benzene rings is 5. The summed E-state index contributed by atoms with van der Waals surface area (Å²) in [5, 5.41) is 3.77. The van der Waals surface area contributed by atoms with Crippen molar-refractivity contribution in [1.82, 2.24) is 0 Å². The summed E-state index contributed by atoms with van der Waals surface area (Å²) in [7, 11) is 0. The first-order valence-electron chi connectivity index (χ1n) is 13.8. The van der Waals surface area contributed by atoms with Gasteiger partial charge in [0.25, 0.3) is 0 Å². The summed E-state index contributed by atoms with van der Waals surface area (Å²) in [6.45, 7) is 0. The number of hydrogen-bond acceptors (Lipinski definition) is 1. The predicted molar refractivity (Wildman–Crippen MR) is 156 cm³/mol. The van der Waals surface area contributed by atoms with E-state index in [9.17, 15) is 0 Å². The summed E-state index contributed by atoms with van der Waals surface area (Å²) in [5.41, 5.74) is 10.3. The van der Waals surface area contributed by atoms with Crippen LogP contribution in [0.25, 0.3) is 55.2 Å². The van der Waals surface area contributed by atoms with E-state index < -0.39 is 5.66 Å². The molecule has 40 heavy (non-hydrogen) atoms. The lowest BCUT2D eigenvalue weighted by Gasteiger charge is -2.26. The van der Waals surface area contributed by atoms with Crippen LogP contribution in [0.4, 0.5) is 0 Å². The van der Waals surface area contributed by atoms with Crippen LogP contribution in [0.15, 0.2) is 134 Å². The van der Waals surface area contributed by atoms with Gasteiger partial charge in [0.2, 0.25) is 11.2 Å². The number of aromatic nitrogens is 2. The molecule has 0 bridgehead atoms. The van der Waals surface area contributed by atoms with Crippen LogP contribution in [0, 0.1) is 0 Å². The predicted octanol–water partition coefficient (Wildman–Crippen LogP) is 7.60. The van der Waals surface area contributed by atoms with Gasteiger partial charge in [0.15, 0.2) is 23.5 Å². The van der Waals surface area contributed by atoms with Gasteiger partial charge in [-0.2, -0.15) is 0 Å². The third kappa shape index (κ3) is 2.30. The molecule has 184 valence electrons. The molecule has 7 aromatic rings. The van der Waals surface area contributed by atoms with Crippen LogP contribution in [-0.2, 0) is 5.66 Å². The molecule has 0 radical (unpaired) electrons. The Morgan fingerprint density at radius 1 is 0.500 bits per heavy atom. The lowest BCUT2D eigenvalue weighted by molar-refractivity contribution is -0.950. The summed E-state index contributed by atoms with van der Waals surface area (Å²) in [6, 6.07) is 43.7. The molecule has 1 unspecified atom stereocenters. The maximum absolute atomic E-state index is 6.86. The molecule has 0 N–H and O–H groups in total. The summed E-state index contributed by atoms with van der Waals surface area (Å²) < 4.78 is 11.8.